The van der Waals surface area contributed by atoms with Crippen molar-refractivity contribution in [2.45, 2.75) is 117 Å². The van der Waals surface area contributed by atoms with Crippen LogP contribution in [0, 0.1) is 0 Å². The Bertz CT molecular complexity index is 3220. The number of fused-ring (bicyclic) bond motifs is 4. The van der Waals surface area contributed by atoms with Gasteiger partial charge >= 0.3 is 0 Å². The van der Waals surface area contributed by atoms with Crippen LogP contribution in [0.25, 0.3) is 27.6 Å². The van der Waals surface area contributed by atoms with Crippen LogP contribution in [0.2, 0.25) is 0 Å². The molecule has 4 nitrogen and oxygen atoms in total. The lowest BCUT2D eigenvalue weighted by Gasteiger charge is -2.35. The summed E-state index contributed by atoms with van der Waals surface area (Å²) in [6.07, 6.45) is 1.54. The molecule has 0 aliphatic carbocycles. The van der Waals surface area contributed by atoms with Crippen LogP contribution in [-0.4, -0.2) is 16.2 Å². The molecule has 2 aromatic heterocycles. The van der Waals surface area contributed by atoms with E-state index >= 15 is 0 Å². The van der Waals surface area contributed by atoms with E-state index in [1.54, 1.807) is 42.5 Å². The molecule has 0 N–H and O–H groups in total. The first kappa shape index (κ1) is 36.2. The second-order valence-electron chi connectivity index (χ2n) is 21.4. The molecule has 0 saturated carbocycles. The van der Waals surface area contributed by atoms with Gasteiger partial charge in [-0.25, -0.2) is 4.98 Å². The minimum absolute atomic E-state index is 0.0871. The Morgan fingerprint density at radius 2 is 1.05 bits per heavy atom. The summed E-state index contributed by atoms with van der Waals surface area (Å²) >= 11 is 0. The molecule has 0 fully saturated rings. The quantitative estimate of drug-likeness (QED) is 0.160. The van der Waals surface area contributed by atoms with Crippen molar-refractivity contribution < 1.29 is 8.22 Å². The maximum absolute atomic E-state index is 8.86. The Kier molecular flexibility index (Phi) is 8.64. The summed E-state index contributed by atoms with van der Waals surface area (Å²) in [5.74, 6) is 0.435. The van der Waals surface area contributed by atoms with Gasteiger partial charge in [-0.2, -0.15) is 0 Å². The predicted molar refractivity (Wildman–Crippen MR) is 274 cm³/mol. The molecule has 0 amide bonds. The molecule has 0 spiro atoms. The zero-order valence-corrected chi connectivity index (χ0v) is 39.4. The summed E-state index contributed by atoms with van der Waals surface area (Å²) in [6, 6.07) is 49.0. The van der Waals surface area contributed by atoms with Gasteiger partial charge in [-0.1, -0.05) is 187 Å². The first-order valence-corrected chi connectivity index (χ1v) is 22.7. The highest BCUT2D eigenvalue weighted by Gasteiger charge is 2.36. The van der Waals surface area contributed by atoms with E-state index in [-0.39, 0.29) is 27.4 Å². The average Bonchev–Trinajstić information content (AvgIpc) is 3.83. The zero-order chi connectivity index (χ0) is 50.6. The standard InChI is InChI=1S/C60H66N4/c1-56(2,3)43-34-44(36-45(35-43)62-39-63(52-29-20-19-28-51(52)62)55-48(57(4,5)6)25-21-26-49(55)58(7,8)9)60(12,13)41-30-31-47-46-24-17-18-27-50(46)64(53(47)37-41)54-38-42(32-33-61-54)59(10,11)40-22-15-14-16-23-40/h14-38H,39H2,1-13H3/i10D3,11D3. The Balaban J connectivity index is 1.21. The summed E-state index contributed by atoms with van der Waals surface area (Å²) in [5, 5.41) is 2.01. The fraction of sp³-hybridized carbons (Fsp3) is 0.317. The molecule has 326 valence electrons. The van der Waals surface area contributed by atoms with Gasteiger partial charge in [0.15, 0.2) is 0 Å². The van der Waals surface area contributed by atoms with E-state index in [1.165, 1.54) is 39.8 Å². The second kappa shape index (κ2) is 15.3. The van der Waals surface area contributed by atoms with Crippen LogP contribution in [0.3, 0.4) is 0 Å². The van der Waals surface area contributed by atoms with E-state index in [0.717, 1.165) is 38.7 Å². The van der Waals surface area contributed by atoms with Crippen molar-refractivity contribution >= 4 is 44.6 Å². The third-order valence-electron chi connectivity index (χ3n) is 13.5. The third-order valence-corrected chi connectivity index (χ3v) is 13.5. The molecule has 1 aliphatic rings. The van der Waals surface area contributed by atoms with Crippen molar-refractivity contribution in [3.63, 3.8) is 0 Å². The van der Waals surface area contributed by atoms with Crippen molar-refractivity contribution in [2.75, 3.05) is 16.5 Å². The number of pyridine rings is 1. The summed E-state index contributed by atoms with van der Waals surface area (Å²) in [6.45, 7) is 20.0. The molecule has 0 atom stereocenters. The van der Waals surface area contributed by atoms with E-state index in [1.807, 2.05) is 18.2 Å². The molecule has 64 heavy (non-hydrogen) atoms. The summed E-state index contributed by atoms with van der Waals surface area (Å²) in [4.78, 5) is 9.87. The minimum atomic E-state index is -2.93. The zero-order valence-electron chi connectivity index (χ0n) is 45.4. The molecule has 6 aromatic carbocycles. The number of para-hydroxylation sites is 4. The molecule has 1 aliphatic heterocycles. The normalized spacial score (nSPS) is 15.7. The number of hydrogen-bond donors (Lipinski definition) is 0. The van der Waals surface area contributed by atoms with Gasteiger partial charge in [0.1, 0.15) is 12.5 Å². The van der Waals surface area contributed by atoms with Crippen LogP contribution in [0.15, 0.2) is 152 Å². The maximum Gasteiger partial charge on any atom is 0.137 e. The van der Waals surface area contributed by atoms with E-state index in [9.17, 15) is 0 Å². The van der Waals surface area contributed by atoms with Gasteiger partial charge in [-0.15, -0.1) is 0 Å². The van der Waals surface area contributed by atoms with E-state index < -0.39 is 24.5 Å². The number of hydrogen-bond acceptors (Lipinski definition) is 3. The highest BCUT2D eigenvalue weighted by Crippen LogP contribution is 2.51. The average molecular weight is 849 g/mol. The largest absolute Gasteiger partial charge is 0.321 e. The lowest BCUT2D eigenvalue weighted by molar-refractivity contribution is 0.568. The molecule has 0 saturated heterocycles. The molecule has 9 rings (SSSR count). The van der Waals surface area contributed by atoms with Crippen molar-refractivity contribution in [1.82, 2.24) is 9.55 Å². The fourth-order valence-corrected chi connectivity index (χ4v) is 9.63. The Hall–Kier alpha value is -6.13. The van der Waals surface area contributed by atoms with Gasteiger partial charge in [0, 0.05) is 41.7 Å². The molecule has 4 heteroatoms. The molecule has 0 radical (unpaired) electrons. The molecule has 8 aromatic rings. The van der Waals surface area contributed by atoms with Crippen molar-refractivity contribution in [1.29, 1.82) is 0 Å². The first-order valence-electron chi connectivity index (χ1n) is 25.7. The van der Waals surface area contributed by atoms with Gasteiger partial charge < -0.3 is 9.80 Å². The van der Waals surface area contributed by atoms with Crippen molar-refractivity contribution in [2.24, 2.45) is 0 Å². The van der Waals surface area contributed by atoms with Gasteiger partial charge in [0.2, 0.25) is 0 Å². The van der Waals surface area contributed by atoms with Crippen molar-refractivity contribution in [3.05, 3.63) is 191 Å². The molecule has 0 bridgehead atoms. The predicted octanol–water partition coefficient (Wildman–Crippen LogP) is 16.0. The van der Waals surface area contributed by atoms with Crippen LogP contribution in [0.5, 0.6) is 0 Å². The second-order valence-corrected chi connectivity index (χ2v) is 21.4. The monoisotopic (exact) mass is 849 g/mol. The third kappa shape index (κ3) is 7.39. The molecule has 3 heterocycles. The van der Waals surface area contributed by atoms with Crippen LogP contribution < -0.4 is 9.80 Å². The van der Waals surface area contributed by atoms with Crippen LogP contribution in [0.1, 0.15) is 137 Å². The summed E-state index contributed by atoms with van der Waals surface area (Å²) < 4.78 is 55.2. The van der Waals surface area contributed by atoms with Crippen LogP contribution in [-0.2, 0) is 27.1 Å². The molecular formula is C60H66N4. The van der Waals surface area contributed by atoms with Crippen LogP contribution in [0.4, 0.5) is 22.7 Å². The minimum Gasteiger partial charge on any atom is -0.321 e. The lowest BCUT2D eigenvalue weighted by atomic mass is 9.75. The fourth-order valence-electron chi connectivity index (χ4n) is 9.63. The van der Waals surface area contributed by atoms with Gasteiger partial charge in [0.25, 0.3) is 0 Å². The van der Waals surface area contributed by atoms with E-state index in [0.29, 0.717) is 12.5 Å². The van der Waals surface area contributed by atoms with Gasteiger partial charge in [-0.3, -0.25) is 4.57 Å². The molecular weight excluding hydrogens is 777 g/mol. The molecule has 0 unspecified atom stereocenters. The topological polar surface area (TPSA) is 24.3 Å². The Morgan fingerprint density at radius 3 is 1.70 bits per heavy atom. The number of anilines is 4. The van der Waals surface area contributed by atoms with E-state index in [4.69, 9.17) is 13.2 Å². The number of rotatable bonds is 7. The van der Waals surface area contributed by atoms with Crippen LogP contribution >= 0.6 is 0 Å². The number of benzene rings is 6. The maximum atomic E-state index is 8.86. The smallest absolute Gasteiger partial charge is 0.137 e. The van der Waals surface area contributed by atoms with E-state index in [2.05, 4.69) is 175 Å². The number of nitrogens with zero attached hydrogens (tertiary/aromatic N) is 4. The summed E-state index contributed by atoms with van der Waals surface area (Å²) in [7, 11) is 0. The highest BCUT2D eigenvalue weighted by atomic mass is 15.4. The SMILES string of the molecule is [2H]C([2H])([2H])C(c1ccccc1)(c1ccnc(-n2c3ccccc3c3ccc(C(C)(C)c4cc(N5CN(c6c(C(C)(C)C)cccc6C(C)(C)C)c6ccccc65)cc(C(C)(C)C)c4)cc32)c1)C([2H])([2H])[2H]. The lowest BCUT2D eigenvalue weighted by Crippen LogP contribution is -2.30. The Morgan fingerprint density at radius 1 is 0.453 bits per heavy atom. The van der Waals surface area contributed by atoms with Gasteiger partial charge in [-0.05, 0) is 104 Å². The van der Waals surface area contributed by atoms with Gasteiger partial charge in [0.05, 0.1) is 28.1 Å². The highest BCUT2D eigenvalue weighted by molar-refractivity contribution is 6.09. The number of aromatic nitrogens is 2. The van der Waals surface area contributed by atoms with Crippen molar-refractivity contribution in [3.8, 4) is 5.82 Å². The summed E-state index contributed by atoms with van der Waals surface area (Å²) in [5.41, 5.74) is 9.80. The first-order chi connectivity index (χ1) is 32.7. The Labute approximate surface area is 391 Å².